The number of nitrogens with one attached hydrogen (secondary N) is 2. The summed E-state index contributed by atoms with van der Waals surface area (Å²) in [4.78, 5) is 10.2. The van der Waals surface area contributed by atoms with Gasteiger partial charge in [-0.15, -0.1) is 11.3 Å². The average molecular weight is 416 g/mol. The van der Waals surface area contributed by atoms with Crippen molar-refractivity contribution in [2.24, 2.45) is 4.99 Å². The summed E-state index contributed by atoms with van der Waals surface area (Å²) < 4.78 is 13.0. The number of aryl methyl sites for hydroxylation is 1. The first kappa shape index (κ1) is 21.0. The minimum absolute atomic E-state index is 0.555. The highest BCUT2D eigenvalue weighted by Crippen LogP contribution is 2.28. The van der Waals surface area contributed by atoms with Gasteiger partial charge in [0, 0.05) is 30.9 Å². The molecule has 0 fully saturated rings. The van der Waals surface area contributed by atoms with E-state index in [9.17, 15) is 0 Å². The van der Waals surface area contributed by atoms with Crippen molar-refractivity contribution in [1.29, 1.82) is 0 Å². The minimum Gasteiger partial charge on any atom is -0.493 e. The molecule has 0 amide bonds. The second kappa shape index (κ2) is 10.7. The van der Waals surface area contributed by atoms with E-state index >= 15 is 0 Å². The van der Waals surface area contributed by atoms with Gasteiger partial charge in [0.15, 0.2) is 22.4 Å². The van der Waals surface area contributed by atoms with Crippen LogP contribution >= 0.6 is 11.3 Å². The number of aromatic nitrogens is 2. The van der Waals surface area contributed by atoms with Gasteiger partial charge >= 0.3 is 0 Å². The van der Waals surface area contributed by atoms with Gasteiger partial charge in [-0.05, 0) is 44.4 Å². The predicted octanol–water partition coefficient (Wildman–Crippen LogP) is 3.49. The van der Waals surface area contributed by atoms with Gasteiger partial charge in [-0.1, -0.05) is 6.07 Å². The third kappa shape index (κ3) is 5.87. The molecule has 0 unspecified atom stereocenters. The molecular weight excluding hydrogens is 386 g/mol. The molecule has 0 saturated carbocycles. The van der Waals surface area contributed by atoms with Crippen LogP contribution in [0, 0.1) is 0 Å². The van der Waals surface area contributed by atoms with Gasteiger partial charge < -0.3 is 20.1 Å². The maximum Gasteiger partial charge on any atom is 0.193 e. The Morgan fingerprint density at radius 1 is 1.24 bits per heavy atom. The van der Waals surface area contributed by atoms with Crippen LogP contribution in [0.3, 0.4) is 0 Å². The summed E-state index contributed by atoms with van der Waals surface area (Å²) in [6.45, 7) is 6.87. The number of imidazole rings is 1. The molecule has 2 aromatic heterocycles. The van der Waals surface area contributed by atoms with E-state index in [0.29, 0.717) is 13.2 Å². The zero-order valence-electron chi connectivity index (χ0n) is 17.3. The summed E-state index contributed by atoms with van der Waals surface area (Å²) in [7, 11) is 1.66. The fourth-order valence-electron chi connectivity index (χ4n) is 3.00. The number of fused-ring (bicyclic) bond motifs is 1. The molecule has 0 radical (unpaired) electrons. The monoisotopic (exact) mass is 415 g/mol. The highest BCUT2D eigenvalue weighted by atomic mass is 32.1. The Morgan fingerprint density at radius 2 is 2.14 bits per heavy atom. The molecule has 3 aromatic rings. The Balaban J connectivity index is 1.50. The molecular formula is C21H29N5O2S. The molecule has 0 aliphatic carbocycles. The predicted molar refractivity (Wildman–Crippen MR) is 118 cm³/mol. The summed E-state index contributed by atoms with van der Waals surface area (Å²) in [5.74, 6) is 2.39. The van der Waals surface area contributed by atoms with Crippen LogP contribution in [-0.4, -0.2) is 42.2 Å². The Kier molecular flexibility index (Phi) is 7.75. The van der Waals surface area contributed by atoms with Crippen LogP contribution in [0.2, 0.25) is 0 Å². The van der Waals surface area contributed by atoms with Gasteiger partial charge in [0.1, 0.15) is 0 Å². The maximum atomic E-state index is 5.66. The molecule has 0 atom stereocenters. The fourth-order valence-corrected chi connectivity index (χ4v) is 3.72. The van der Waals surface area contributed by atoms with E-state index in [-0.39, 0.29) is 0 Å². The number of ether oxygens (including phenoxy) is 2. The zero-order chi connectivity index (χ0) is 20.5. The Bertz CT molecular complexity index is 906. The number of thiazole rings is 1. The van der Waals surface area contributed by atoms with Crippen LogP contribution in [0.15, 0.2) is 41.0 Å². The van der Waals surface area contributed by atoms with Gasteiger partial charge in [-0.2, -0.15) is 0 Å². The Labute approximate surface area is 175 Å². The van der Waals surface area contributed by atoms with Crippen LogP contribution in [0.25, 0.3) is 4.96 Å². The van der Waals surface area contributed by atoms with Crippen molar-refractivity contribution in [2.75, 3.05) is 26.8 Å². The van der Waals surface area contributed by atoms with Crippen molar-refractivity contribution in [3.05, 3.63) is 47.2 Å². The summed E-state index contributed by atoms with van der Waals surface area (Å²) in [6, 6.07) is 6.12. The molecule has 0 spiro atoms. The van der Waals surface area contributed by atoms with E-state index in [1.54, 1.807) is 18.4 Å². The summed E-state index contributed by atoms with van der Waals surface area (Å²) >= 11 is 1.63. The van der Waals surface area contributed by atoms with E-state index < -0.39 is 0 Å². The first-order valence-electron chi connectivity index (χ1n) is 9.96. The number of guanidine groups is 1. The van der Waals surface area contributed by atoms with Gasteiger partial charge in [0.25, 0.3) is 0 Å². The van der Waals surface area contributed by atoms with Gasteiger partial charge in [-0.25, -0.2) is 9.98 Å². The topological polar surface area (TPSA) is 72.2 Å². The van der Waals surface area contributed by atoms with Crippen LogP contribution in [0.5, 0.6) is 11.5 Å². The Morgan fingerprint density at radius 3 is 2.90 bits per heavy atom. The molecule has 7 nitrogen and oxygen atoms in total. The average Bonchev–Trinajstić information content (AvgIpc) is 3.31. The molecule has 0 bridgehead atoms. The quantitative estimate of drug-likeness (QED) is 0.301. The minimum atomic E-state index is 0.555. The van der Waals surface area contributed by atoms with Crippen LogP contribution in [-0.2, 0) is 13.0 Å². The van der Waals surface area contributed by atoms with Crippen molar-refractivity contribution >= 4 is 22.3 Å². The summed E-state index contributed by atoms with van der Waals surface area (Å²) in [5, 5.41) is 8.72. The molecule has 156 valence electrons. The van der Waals surface area contributed by atoms with E-state index in [1.807, 2.05) is 35.2 Å². The number of aliphatic imine (C=N–C) groups is 1. The molecule has 8 heteroatoms. The lowest BCUT2D eigenvalue weighted by Gasteiger charge is -2.12. The van der Waals surface area contributed by atoms with Gasteiger partial charge in [0.05, 0.1) is 26.0 Å². The number of benzene rings is 1. The van der Waals surface area contributed by atoms with E-state index in [1.165, 1.54) is 5.56 Å². The third-order valence-corrected chi connectivity index (χ3v) is 5.12. The van der Waals surface area contributed by atoms with Crippen molar-refractivity contribution in [1.82, 2.24) is 20.0 Å². The first-order chi connectivity index (χ1) is 14.2. The van der Waals surface area contributed by atoms with Crippen molar-refractivity contribution in [2.45, 2.75) is 33.2 Å². The van der Waals surface area contributed by atoms with Crippen molar-refractivity contribution in [3.63, 3.8) is 0 Å². The number of methoxy groups -OCH3 is 1. The zero-order valence-corrected chi connectivity index (χ0v) is 18.1. The van der Waals surface area contributed by atoms with E-state index in [2.05, 4.69) is 39.7 Å². The highest BCUT2D eigenvalue weighted by Gasteiger charge is 2.06. The number of hydrogen-bond acceptors (Lipinski definition) is 5. The summed E-state index contributed by atoms with van der Waals surface area (Å²) in [6.07, 6.45) is 5.98. The normalized spacial score (nSPS) is 11.6. The summed E-state index contributed by atoms with van der Waals surface area (Å²) in [5.41, 5.74) is 2.20. The molecule has 0 saturated heterocycles. The van der Waals surface area contributed by atoms with Crippen LogP contribution < -0.4 is 20.1 Å². The molecule has 2 N–H and O–H groups in total. The SMILES string of the molecule is CCNC(=NCc1cn2ccsc2n1)NCCCc1ccc(OC)c(OCC)c1. The number of hydrogen-bond donors (Lipinski definition) is 2. The van der Waals surface area contributed by atoms with Crippen molar-refractivity contribution < 1.29 is 9.47 Å². The van der Waals surface area contributed by atoms with Gasteiger partial charge in [-0.3, -0.25) is 4.40 Å². The second-order valence-corrected chi connectivity index (χ2v) is 7.34. The molecule has 1 aromatic carbocycles. The molecule has 0 aliphatic rings. The Hall–Kier alpha value is -2.74. The largest absolute Gasteiger partial charge is 0.493 e. The van der Waals surface area contributed by atoms with Gasteiger partial charge in [0.2, 0.25) is 0 Å². The molecule has 29 heavy (non-hydrogen) atoms. The van der Waals surface area contributed by atoms with E-state index in [0.717, 1.165) is 54.0 Å². The third-order valence-electron chi connectivity index (χ3n) is 4.35. The lowest BCUT2D eigenvalue weighted by molar-refractivity contribution is 0.310. The first-order valence-corrected chi connectivity index (χ1v) is 10.8. The van der Waals surface area contributed by atoms with Crippen LogP contribution in [0.4, 0.5) is 0 Å². The van der Waals surface area contributed by atoms with Crippen molar-refractivity contribution in [3.8, 4) is 11.5 Å². The lowest BCUT2D eigenvalue weighted by atomic mass is 10.1. The standard InChI is InChI=1S/C21H29N5O2S/c1-4-22-20(24-14-17-15-26-11-12-29-21(26)25-17)23-10-6-7-16-8-9-18(27-3)19(13-16)28-5-2/h8-9,11-13,15H,4-7,10,14H2,1-3H3,(H2,22,23,24). The lowest BCUT2D eigenvalue weighted by Crippen LogP contribution is -2.37. The number of rotatable bonds is 10. The second-order valence-electron chi connectivity index (χ2n) is 6.47. The molecule has 2 heterocycles. The fraction of sp³-hybridized carbons (Fsp3) is 0.429. The van der Waals surface area contributed by atoms with Crippen LogP contribution in [0.1, 0.15) is 31.5 Å². The van der Waals surface area contributed by atoms with E-state index in [4.69, 9.17) is 9.47 Å². The smallest absolute Gasteiger partial charge is 0.193 e. The molecule has 3 rings (SSSR count). The number of nitrogens with zero attached hydrogens (tertiary/aromatic N) is 3. The molecule has 0 aliphatic heterocycles. The highest BCUT2D eigenvalue weighted by molar-refractivity contribution is 7.15. The maximum absolute atomic E-state index is 5.66.